The number of hydrogen-bond donors (Lipinski definition) is 8. The van der Waals surface area contributed by atoms with Gasteiger partial charge in [0.2, 0.25) is 17.9 Å². The summed E-state index contributed by atoms with van der Waals surface area (Å²) in [5.74, 6) is -12.6. The van der Waals surface area contributed by atoms with Gasteiger partial charge >= 0.3 is 41.8 Å². The quantitative estimate of drug-likeness (QED) is 0.0185. The number of rotatable bonds is 26. The van der Waals surface area contributed by atoms with Crippen LogP contribution in [0.15, 0.2) is 102 Å². The van der Waals surface area contributed by atoms with E-state index in [9.17, 15) is 53.4 Å². The summed E-state index contributed by atoms with van der Waals surface area (Å²) in [6, 6.07) is 19.4. The molecule has 1 aliphatic heterocycles. The maximum absolute atomic E-state index is 15.9. The molecule has 1 heterocycles. The second-order valence-corrected chi connectivity index (χ2v) is 26.8. The Kier molecular flexibility index (Phi) is 22.2. The van der Waals surface area contributed by atoms with E-state index >= 15 is 9.59 Å². The SMILES string of the molecule is CC(=O)O[C@H]1C(=O)[C@@]2(C)[C@H]([C@H](OC(=O)c3ccccc3)[C@]3(O)C[C@H](OC(=O)[C@H](OC(=O)C(C)(C)CCSSCC(NC(=O)CCC(N)C(=O)O)C(=O)NCC(=O)O)[C@@H](NC(=O)c4ccccc4)c4ccccc4)C(C)=C1C3(C)C)[C@]1(OC(C)=O)CO[C@@H]1C[C@@H]2O. The zero-order chi connectivity index (χ0) is 66.3. The van der Waals surface area contributed by atoms with Gasteiger partial charge in [0, 0.05) is 55.6 Å². The smallest absolute Gasteiger partial charge is 0.350 e. The molecule has 486 valence electrons. The first-order chi connectivity index (χ1) is 42.3. The largest absolute Gasteiger partial charge is 0.480 e. The number of carboxylic acids is 2. The number of ether oxygens (including phenoxy) is 6. The van der Waals surface area contributed by atoms with E-state index in [4.69, 9.17) is 44.4 Å². The van der Waals surface area contributed by atoms with Gasteiger partial charge in [-0.15, -0.1) is 0 Å². The van der Waals surface area contributed by atoms with Crippen molar-refractivity contribution in [3.63, 3.8) is 0 Å². The van der Waals surface area contributed by atoms with Gasteiger partial charge in [0.05, 0.1) is 35.0 Å². The molecule has 2 unspecified atom stereocenters. The standard InChI is InChI=1S/C63H76N4O21S2/c1-33-41(29-63(82)52(87-56(79)38-22-16-11-17-23-38)50-61(8,42(70)28-43-62(50,32-83-43)88-35(3)69)51(74)48(84-34(2)68)46(33)60(63,6)7)85-57(80)49(47(36-18-12-9-13-19-36)67-53(75)37-20-14-10-15-21-37)86-58(81)59(4,5)26-27-89-90-31-40(54(76)65-30-45(72)73)66-44(71)25-24-39(64)55(77)78/h9-23,39-43,47-50,52,70,82H,24-32,64H2,1-8H3,(H,65,76)(H,66,71)(H,67,75)(H,72,73)(H,77,78)/t39?,40?,41-,42-,43+,47-,48+,49+,50-,52-,61+,62-,63+/m0/s1. The number of esters is 5. The number of Topliss-reactive ketones (excluding diaryl/α,β-unsaturated/α-hetero) is 1. The average Bonchev–Trinajstić information content (AvgIpc) is 0.671. The topological polar surface area (TPSA) is 386 Å². The van der Waals surface area contributed by atoms with E-state index in [-0.39, 0.29) is 65.0 Å². The number of nitrogens with two attached hydrogens (primary N) is 1. The zero-order valence-electron chi connectivity index (χ0n) is 50.9. The van der Waals surface area contributed by atoms with Crippen LogP contribution in [-0.4, -0.2) is 170 Å². The van der Waals surface area contributed by atoms with Gasteiger partial charge in [0.1, 0.15) is 48.6 Å². The minimum absolute atomic E-state index is 0.00142. The molecule has 25 nitrogen and oxygen atoms in total. The van der Waals surface area contributed by atoms with Gasteiger partial charge in [0.15, 0.2) is 17.5 Å². The molecule has 0 aromatic heterocycles. The fraction of sp³-hybridized carbons (Fsp3) is 0.508. The van der Waals surface area contributed by atoms with Crippen LogP contribution in [0, 0.1) is 22.2 Å². The van der Waals surface area contributed by atoms with E-state index in [1.54, 1.807) is 66.7 Å². The lowest BCUT2D eigenvalue weighted by Crippen LogP contribution is -2.82. The molecule has 3 aromatic carbocycles. The monoisotopic (exact) mass is 1290 g/mol. The normalized spacial score (nSPS) is 26.2. The molecule has 2 bridgehead atoms. The van der Waals surface area contributed by atoms with Crippen molar-refractivity contribution < 1.29 is 102 Å². The van der Waals surface area contributed by atoms with Crippen molar-refractivity contribution in [3.8, 4) is 0 Å². The van der Waals surface area contributed by atoms with Crippen LogP contribution in [0.3, 0.4) is 0 Å². The Bertz CT molecular complexity index is 3260. The zero-order valence-corrected chi connectivity index (χ0v) is 52.6. The third kappa shape index (κ3) is 14.9. The van der Waals surface area contributed by atoms with Crippen molar-refractivity contribution in [2.45, 2.75) is 153 Å². The first-order valence-electron chi connectivity index (χ1n) is 29.0. The molecule has 3 aromatic rings. The molecular formula is C63H76N4O21S2. The number of hydrogen-bond acceptors (Lipinski definition) is 22. The van der Waals surface area contributed by atoms with Crippen molar-refractivity contribution in [1.29, 1.82) is 0 Å². The molecule has 0 spiro atoms. The van der Waals surface area contributed by atoms with Crippen LogP contribution in [0.1, 0.15) is 120 Å². The van der Waals surface area contributed by atoms with Crippen molar-refractivity contribution in [1.82, 2.24) is 16.0 Å². The summed E-state index contributed by atoms with van der Waals surface area (Å²) in [5, 5.41) is 52.3. The number of carbonyl (C=O) groups excluding carboxylic acids is 9. The van der Waals surface area contributed by atoms with Crippen LogP contribution in [-0.2, 0) is 71.6 Å². The Morgan fingerprint density at radius 3 is 2.00 bits per heavy atom. The van der Waals surface area contributed by atoms with E-state index in [1.165, 1.54) is 65.8 Å². The number of benzene rings is 3. The first-order valence-corrected chi connectivity index (χ1v) is 31.5. The van der Waals surface area contributed by atoms with Crippen LogP contribution in [0.25, 0.3) is 0 Å². The second kappa shape index (κ2) is 28.6. The summed E-state index contributed by atoms with van der Waals surface area (Å²) in [5.41, 5.74) is -3.99. The number of aliphatic carboxylic acids is 2. The number of carbonyl (C=O) groups is 11. The number of ketones is 1. The Morgan fingerprint density at radius 1 is 0.822 bits per heavy atom. The minimum Gasteiger partial charge on any atom is -0.480 e. The highest BCUT2D eigenvalue weighted by Gasteiger charge is 2.78. The van der Waals surface area contributed by atoms with Crippen molar-refractivity contribution in [2.75, 3.05) is 24.7 Å². The lowest BCUT2D eigenvalue weighted by molar-refractivity contribution is -0.346. The third-order valence-electron chi connectivity index (χ3n) is 17.4. The molecule has 13 atom stereocenters. The molecule has 1 saturated heterocycles. The summed E-state index contributed by atoms with van der Waals surface area (Å²) in [6.45, 7) is 9.90. The van der Waals surface area contributed by atoms with Gasteiger partial charge in [-0.1, -0.05) is 102 Å². The Hall–Kier alpha value is -7.69. The fourth-order valence-corrected chi connectivity index (χ4v) is 14.8. The minimum atomic E-state index is -2.55. The van der Waals surface area contributed by atoms with Gasteiger partial charge in [-0.2, -0.15) is 0 Å². The van der Waals surface area contributed by atoms with Crippen molar-refractivity contribution >= 4 is 86.9 Å². The Balaban J connectivity index is 1.28. The fourth-order valence-electron chi connectivity index (χ4n) is 12.3. The molecule has 4 aliphatic rings. The molecule has 3 amide bonds. The van der Waals surface area contributed by atoms with E-state index in [1.807, 2.05) is 0 Å². The highest BCUT2D eigenvalue weighted by Crippen LogP contribution is 2.64. The third-order valence-corrected chi connectivity index (χ3v) is 19.9. The molecular weight excluding hydrogens is 1210 g/mol. The number of aliphatic hydroxyl groups excluding tert-OH is 1. The van der Waals surface area contributed by atoms with Gasteiger partial charge in [0.25, 0.3) is 5.91 Å². The molecule has 9 N–H and O–H groups in total. The van der Waals surface area contributed by atoms with Gasteiger partial charge in [-0.3, -0.25) is 43.2 Å². The van der Waals surface area contributed by atoms with Crippen LogP contribution in [0.5, 0.6) is 0 Å². The Labute approximate surface area is 527 Å². The molecule has 0 radical (unpaired) electrons. The van der Waals surface area contributed by atoms with Gasteiger partial charge in [-0.05, 0) is 81.5 Å². The van der Waals surface area contributed by atoms with E-state index in [2.05, 4.69) is 16.0 Å². The number of fused-ring (bicyclic) bond motifs is 5. The highest BCUT2D eigenvalue weighted by molar-refractivity contribution is 8.76. The number of aliphatic hydroxyl groups is 2. The molecule has 3 aliphatic carbocycles. The van der Waals surface area contributed by atoms with E-state index in [0.717, 1.165) is 35.4 Å². The van der Waals surface area contributed by atoms with Gasteiger partial charge in [-0.25, -0.2) is 9.59 Å². The highest BCUT2D eigenvalue weighted by atomic mass is 33.1. The van der Waals surface area contributed by atoms with Crippen LogP contribution < -0.4 is 21.7 Å². The van der Waals surface area contributed by atoms with Crippen LogP contribution in [0.4, 0.5) is 0 Å². The van der Waals surface area contributed by atoms with Gasteiger partial charge < -0.3 is 70.5 Å². The van der Waals surface area contributed by atoms with Crippen LogP contribution >= 0.6 is 21.6 Å². The number of amides is 3. The maximum Gasteiger partial charge on any atom is 0.350 e. The molecule has 90 heavy (non-hydrogen) atoms. The maximum atomic E-state index is 15.9. The summed E-state index contributed by atoms with van der Waals surface area (Å²) in [4.78, 5) is 150. The molecule has 27 heteroatoms. The predicted octanol–water partition coefficient (Wildman–Crippen LogP) is 3.96. The summed E-state index contributed by atoms with van der Waals surface area (Å²) >= 11 is 0. The van der Waals surface area contributed by atoms with Crippen molar-refractivity contribution in [3.05, 3.63) is 119 Å². The molecule has 3 fully saturated rings. The second-order valence-electron chi connectivity index (χ2n) is 24.2. The lowest BCUT2D eigenvalue weighted by Gasteiger charge is -2.67. The summed E-state index contributed by atoms with van der Waals surface area (Å²) < 4.78 is 37.3. The Morgan fingerprint density at radius 2 is 1.43 bits per heavy atom. The summed E-state index contributed by atoms with van der Waals surface area (Å²) in [7, 11) is 2.24. The number of nitrogens with one attached hydrogen (secondary N) is 3. The predicted molar refractivity (Wildman–Crippen MR) is 322 cm³/mol. The van der Waals surface area contributed by atoms with E-state index in [0.29, 0.717) is 0 Å². The number of carboxylic acid groups (broad SMARTS) is 2. The van der Waals surface area contributed by atoms with E-state index < -0.39 is 173 Å². The first kappa shape index (κ1) is 69.8. The molecule has 7 rings (SSSR count). The van der Waals surface area contributed by atoms with Crippen molar-refractivity contribution in [2.24, 2.45) is 27.9 Å². The lowest BCUT2D eigenvalue weighted by atomic mass is 9.44. The summed E-state index contributed by atoms with van der Waals surface area (Å²) in [6.07, 6.45) is -12.0. The molecule has 2 saturated carbocycles. The average molecular weight is 1290 g/mol. The van der Waals surface area contributed by atoms with Crippen LogP contribution in [0.2, 0.25) is 0 Å².